The Kier molecular flexibility index (Phi) is 3.25. The van der Waals surface area contributed by atoms with Crippen molar-refractivity contribution in [2.75, 3.05) is 12.8 Å². The third-order valence-electron chi connectivity index (χ3n) is 3.35. The fourth-order valence-electron chi connectivity index (χ4n) is 2.07. The molecule has 2 rings (SSSR count). The van der Waals surface area contributed by atoms with Gasteiger partial charge in [-0.2, -0.15) is 0 Å². The van der Waals surface area contributed by atoms with E-state index in [0.29, 0.717) is 11.4 Å². The zero-order valence-electron chi connectivity index (χ0n) is 10.6. The minimum atomic E-state index is -3.51. The number of sulfonamides is 1. The van der Waals surface area contributed by atoms with Crippen LogP contribution < -0.4 is 15.2 Å². The maximum Gasteiger partial charge on any atom is 0.241 e. The number of nitrogens with two attached hydrogens (primary N) is 1. The molecule has 6 heteroatoms. The van der Waals surface area contributed by atoms with E-state index in [1.807, 2.05) is 6.92 Å². The Morgan fingerprint density at radius 3 is 2.50 bits per heavy atom. The number of benzene rings is 1. The van der Waals surface area contributed by atoms with E-state index < -0.39 is 10.0 Å². The van der Waals surface area contributed by atoms with Crippen molar-refractivity contribution in [3.05, 3.63) is 18.2 Å². The molecule has 0 heterocycles. The van der Waals surface area contributed by atoms with Gasteiger partial charge in [0.2, 0.25) is 10.0 Å². The van der Waals surface area contributed by atoms with Crippen LogP contribution in [-0.4, -0.2) is 21.1 Å². The van der Waals surface area contributed by atoms with E-state index in [1.54, 1.807) is 6.07 Å². The highest BCUT2D eigenvalue weighted by Gasteiger charge is 2.36. The fraction of sp³-hybridized carbons (Fsp3) is 0.500. The standard InChI is InChI=1S/C12H18N2O3S/c1-12(6-3-7-12)14-18(15,16)9-4-5-11(17-2)10(13)8-9/h4-5,8,14H,3,6-7,13H2,1-2H3. The van der Waals surface area contributed by atoms with Crippen molar-refractivity contribution in [1.82, 2.24) is 4.72 Å². The molecule has 1 fully saturated rings. The quantitative estimate of drug-likeness (QED) is 0.812. The number of methoxy groups -OCH3 is 1. The van der Waals surface area contributed by atoms with Crippen LogP contribution in [0, 0.1) is 0 Å². The molecule has 0 saturated heterocycles. The molecule has 0 aliphatic heterocycles. The number of hydrogen-bond acceptors (Lipinski definition) is 4. The van der Waals surface area contributed by atoms with E-state index >= 15 is 0 Å². The summed E-state index contributed by atoms with van der Waals surface area (Å²) in [6.45, 7) is 1.92. The topological polar surface area (TPSA) is 81.4 Å². The van der Waals surface area contributed by atoms with E-state index in [2.05, 4.69) is 4.72 Å². The van der Waals surface area contributed by atoms with Crippen molar-refractivity contribution in [2.45, 2.75) is 36.6 Å². The highest BCUT2D eigenvalue weighted by Crippen LogP contribution is 2.33. The summed E-state index contributed by atoms with van der Waals surface area (Å²) < 4.78 is 32.1. The first-order valence-electron chi connectivity index (χ1n) is 5.84. The Labute approximate surface area is 107 Å². The van der Waals surface area contributed by atoms with Crippen molar-refractivity contribution < 1.29 is 13.2 Å². The molecule has 1 aliphatic rings. The number of anilines is 1. The molecule has 1 aromatic rings. The maximum absolute atomic E-state index is 12.2. The predicted octanol–water partition coefficient (Wildman–Crippen LogP) is 1.50. The monoisotopic (exact) mass is 270 g/mol. The Morgan fingerprint density at radius 2 is 2.06 bits per heavy atom. The number of hydrogen-bond donors (Lipinski definition) is 2. The van der Waals surface area contributed by atoms with Crippen LogP contribution >= 0.6 is 0 Å². The molecule has 100 valence electrons. The van der Waals surface area contributed by atoms with E-state index in [9.17, 15) is 8.42 Å². The molecule has 0 unspecified atom stereocenters. The van der Waals surface area contributed by atoms with Gasteiger partial charge in [0.1, 0.15) is 5.75 Å². The van der Waals surface area contributed by atoms with Crippen molar-refractivity contribution in [3.8, 4) is 5.75 Å². The molecule has 5 nitrogen and oxygen atoms in total. The van der Waals surface area contributed by atoms with Gasteiger partial charge in [0.25, 0.3) is 0 Å². The summed E-state index contributed by atoms with van der Waals surface area (Å²) in [5.41, 5.74) is 5.73. The summed E-state index contributed by atoms with van der Waals surface area (Å²) in [7, 11) is -2.02. The van der Waals surface area contributed by atoms with Crippen molar-refractivity contribution in [1.29, 1.82) is 0 Å². The normalized spacial score (nSPS) is 18.1. The summed E-state index contributed by atoms with van der Waals surface area (Å²) in [6, 6.07) is 4.48. The van der Waals surface area contributed by atoms with Gasteiger partial charge >= 0.3 is 0 Å². The Morgan fingerprint density at radius 1 is 1.39 bits per heavy atom. The van der Waals surface area contributed by atoms with Crippen molar-refractivity contribution in [2.24, 2.45) is 0 Å². The molecular weight excluding hydrogens is 252 g/mol. The molecule has 3 N–H and O–H groups in total. The molecule has 0 atom stereocenters. The molecule has 0 spiro atoms. The van der Waals surface area contributed by atoms with Crippen LogP contribution in [0.15, 0.2) is 23.1 Å². The van der Waals surface area contributed by atoms with Gasteiger partial charge in [-0.1, -0.05) is 0 Å². The summed E-state index contributed by atoms with van der Waals surface area (Å²) in [5, 5.41) is 0. The average molecular weight is 270 g/mol. The van der Waals surface area contributed by atoms with E-state index in [1.165, 1.54) is 19.2 Å². The highest BCUT2D eigenvalue weighted by atomic mass is 32.2. The van der Waals surface area contributed by atoms with Gasteiger partial charge in [0, 0.05) is 5.54 Å². The van der Waals surface area contributed by atoms with Crippen LogP contribution in [0.1, 0.15) is 26.2 Å². The first-order valence-corrected chi connectivity index (χ1v) is 7.32. The molecule has 18 heavy (non-hydrogen) atoms. The van der Waals surface area contributed by atoms with Crippen LogP contribution in [0.4, 0.5) is 5.69 Å². The van der Waals surface area contributed by atoms with Crippen LogP contribution in [0.5, 0.6) is 5.75 Å². The van der Waals surface area contributed by atoms with E-state index in [0.717, 1.165) is 19.3 Å². The Bertz CT molecular complexity index is 550. The minimum Gasteiger partial charge on any atom is -0.495 e. The van der Waals surface area contributed by atoms with Crippen LogP contribution in [-0.2, 0) is 10.0 Å². The number of nitrogen functional groups attached to an aromatic ring is 1. The molecule has 0 radical (unpaired) electrons. The van der Waals surface area contributed by atoms with Gasteiger partial charge in [0.05, 0.1) is 17.7 Å². The molecule has 0 aromatic heterocycles. The summed E-state index contributed by atoms with van der Waals surface area (Å²) >= 11 is 0. The zero-order valence-corrected chi connectivity index (χ0v) is 11.4. The average Bonchev–Trinajstić information content (AvgIpc) is 2.26. The highest BCUT2D eigenvalue weighted by molar-refractivity contribution is 7.89. The molecule has 1 aliphatic carbocycles. The number of nitrogens with one attached hydrogen (secondary N) is 1. The molecule has 0 amide bonds. The van der Waals surface area contributed by atoms with Gasteiger partial charge < -0.3 is 10.5 Å². The zero-order chi connectivity index (χ0) is 13.4. The minimum absolute atomic E-state index is 0.175. The third-order valence-corrected chi connectivity index (χ3v) is 4.99. The van der Waals surface area contributed by atoms with Crippen molar-refractivity contribution in [3.63, 3.8) is 0 Å². The van der Waals surface area contributed by atoms with Gasteiger partial charge in [0.15, 0.2) is 0 Å². The summed E-state index contributed by atoms with van der Waals surface area (Å²) in [4.78, 5) is 0.175. The SMILES string of the molecule is COc1ccc(S(=O)(=O)NC2(C)CCC2)cc1N. The summed E-state index contributed by atoms with van der Waals surface area (Å²) in [6.07, 6.45) is 2.81. The van der Waals surface area contributed by atoms with Crippen molar-refractivity contribution >= 4 is 15.7 Å². The molecule has 0 bridgehead atoms. The second kappa shape index (κ2) is 4.44. The lowest BCUT2D eigenvalue weighted by molar-refractivity contribution is 0.248. The summed E-state index contributed by atoms with van der Waals surface area (Å²) in [5.74, 6) is 0.476. The maximum atomic E-state index is 12.2. The smallest absolute Gasteiger partial charge is 0.241 e. The van der Waals surface area contributed by atoms with E-state index in [-0.39, 0.29) is 10.4 Å². The van der Waals surface area contributed by atoms with Gasteiger partial charge in [-0.3, -0.25) is 0 Å². The van der Waals surface area contributed by atoms with Crippen LogP contribution in [0.25, 0.3) is 0 Å². The largest absolute Gasteiger partial charge is 0.495 e. The van der Waals surface area contributed by atoms with Gasteiger partial charge in [-0.15, -0.1) is 0 Å². The molecule has 1 saturated carbocycles. The van der Waals surface area contributed by atoms with Gasteiger partial charge in [-0.25, -0.2) is 13.1 Å². The lowest BCUT2D eigenvalue weighted by Crippen LogP contribution is -2.50. The lowest BCUT2D eigenvalue weighted by Gasteiger charge is -2.38. The Hall–Kier alpha value is -1.27. The Balaban J connectivity index is 2.27. The predicted molar refractivity (Wildman–Crippen MR) is 70.0 cm³/mol. The lowest BCUT2D eigenvalue weighted by atomic mass is 9.80. The number of rotatable bonds is 4. The molecule has 1 aromatic carbocycles. The third kappa shape index (κ3) is 2.44. The second-order valence-corrected chi connectivity index (χ2v) is 6.61. The fourth-order valence-corrected chi connectivity index (χ4v) is 3.57. The second-order valence-electron chi connectivity index (χ2n) is 4.92. The van der Waals surface area contributed by atoms with E-state index in [4.69, 9.17) is 10.5 Å². The van der Waals surface area contributed by atoms with Crippen LogP contribution in [0.2, 0.25) is 0 Å². The van der Waals surface area contributed by atoms with Gasteiger partial charge in [-0.05, 0) is 44.4 Å². The number of ether oxygens (including phenoxy) is 1. The molecular formula is C12H18N2O3S. The first-order chi connectivity index (χ1) is 8.36. The first kappa shape index (κ1) is 13.2. The van der Waals surface area contributed by atoms with Crippen LogP contribution in [0.3, 0.4) is 0 Å².